The molecule has 54 heteroatoms. The van der Waals surface area contributed by atoms with Gasteiger partial charge in [0.05, 0.1) is 57.2 Å². The van der Waals surface area contributed by atoms with Crippen molar-refractivity contribution in [1.82, 2.24) is 0 Å². The van der Waals surface area contributed by atoms with E-state index in [1.54, 1.807) is 0 Å². The van der Waals surface area contributed by atoms with Crippen LogP contribution >= 0.6 is 0 Å². The number of carboxylic acids is 2. The highest BCUT2D eigenvalue weighted by Gasteiger charge is 2.53. The van der Waals surface area contributed by atoms with Gasteiger partial charge in [0.15, 0.2) is 31.1 Å². The van der Waals surface area contributed by atoms with Crippen LogP contribution in [0.25, 0.3) is 0 Å². The van der Waals surface area contributed by atoms with E-state index in [0.717, 1.165) is 14.2 Å². The monoisotopic (exact) mass is 1490 g/mol. The molecule has 0 saturated carbocycles. The standard InChI is InChI=1S/C17H30O14S.C14H24O19S3.C7H14O14S3/c1-23-8-6-28-14(16(18)19)13(10(8)24-2)31-17-15(27-5)12(26-4)11(25-3)9(30-17)7-29-32(20,21)22;1-26-8-5-28-12(13(15)16)11(9(8)27-2)31-14-10(33-36(23,24)25)7(32-35(20,21)22)3-6(30-14)4-29-34(17,18)19;1-17-7-6(21-24(14,15)16)5(20-23(11,12)13)2-4(19-7)3-18-22(8,9)10/h8-15,17H,6-7H2,1-5H3,(H,18,19)(H,20,21,22);6-12,14H,3-5H2,1-2H3,(H,15,16)(H,17,18,19)(H,20,21,22)(H,23,24,25);4-7H,2-3H2,1H3,(H,8,9,10)(H,11,12,13)(H,14,15,16)/p-9. The lowest BCUT2D eigenvalue weighted by Gasteiger charge is -2.48. The van der Waals surface area contributed by atoms with Gasteiger partial charge in [0, 0.05) is 69.7 Å². The lowest BCUT2D eigenvalue weighted by atomic mass is 9.96. The highest BCUT2D eigenvalue weighted by Crippen LogP contribution is 2.35. The maximum absolute atomic E-state index is 11.7. The number of carboxylic acid groups (broad SMARTS) is 2. The van der Waals surface area contributed by atoms with Crippen LogP contribution in [0, 0.1) is 0 Å². The summed E-state index contributed by atoms with van der Waals surface area (Å²) in [6.07, 6.45) is -32.7. The molecule has 544 valence electrons. The summed E-state index contributed by atoms with van der Waals surface area (Å²) in [5.41, 5.74) is 0. The first-order valence-corrected chi connectivity index (χ1v) is 34.1. The Kier molecular flexibility index (Phi) is 32.5. The van der Waals surface area contributed by atoms with E-state index >= 15 is 0 Å². The number of ether oxygens (including phenoxy) is 15. The quantitative estimate of drug-likeness (QED) is 0.0459. The van der Waals surface area contributed by atoms with E-state index in [4.69, 9.17) is 66.3 Å². The predicted molar refractivity (Wildman–Crippen MR) is 262 cm³/mol. The van der Waals surface area contributed by atoms with Crippen molar-refractivity contribution in [1.29, 1.82) is 0 Å². The van der Waals surface area contributed by atoms with E-state index in [-0.39, 0.29) is 13.2 Å². The molecule has 21 unspecified atom stereocenters. The number of carbonyl (C=O) groups excluding carboxylic acids is 2. The molecule has 0 spiro atoms. The van der Waals surface area contributed by atoms with Gasteiger partial charge in [0.2, 0.25) is 72.8 Å². The topological polar surface area (TPSA) is 684 Å². The van der Waals surface area contributed by atoms with Crippen molar-refractivity contribution in [2.24, 2.45) is 0 Å². The molecule has 5 heterocycles. The molecule has 5 saturated heterocycles. The summed E-state index contributed by atoms with van der Waals surface area (Å²) in [5.74, 6) is -3.40. The maximum Gasteiger partial charge on any atom is 0.218 e. The van der Waals surface area contributed by atoms with Crippen LogP contribution in [0.3, 0.4) is 0 Å². The largest absolute Gasteiger partial charge is 0.726 e. The summed E-state index contributed by atoms with van der Waals surface area (Å²) in [6, 6.07) is 0. The minimum atomic E-state index is -5.68. The molecule has 0 amide bonds. The number of rotatable bonds is 31. The van der Waals surface area contributed by atoms with Gasteiger partial charge in [0.25, 0.3) is 0 Å². The van der Waals surface area contributed by atoms with Crippen molar-refractivity contribution in [2.75, 3.05) is 89.9 Å². The van der Waals surface area contributed by atoms with Gasteiger partial charge in [-0.15, -0.1) is 0 Å². The Morgan fingerprint density at radius 1 is 0.348 bits per heavy atom. The van der Waals surface area contributed by atoms with Gasteiger partial charge in [-0.3, -0.25) is 29.3 Å². The molecule has 21 atom stereocenters. The van der Waals surface area contributed by atoms with Crippen LogP contribution in [0.1, 0.15) is 12.8 Å². The summed E-state index contributed by atoms with van der Waals surface area (Å²) in [4.78, 5) is 23.3. The molecule has 0 aliphatic carbocycles. The van der Waals surface area contributed by atoms with Crippen LogP contribution in [0.5, 0.6) is 0 Å². The molecule has 5 fully saturated rings. The molecule has 0 aromatic heterocycles. The fourth-order valence-electron chi connectivity index (χ4n) is 9.20. The summed E-state index contributed by atoms with van der Waals surface area (Å²) >= 11 is 0. The van der Waals surface area contributed by atoms with E-state index in [0.29, 0.717) is 0 Å². The average molecular weight is 1490 g/mol. The molecule has 5 aliphatic heterocycles. The van der Waals surface area contributed by atoms with Crippen LogP contribution in [0.15, 0.2) is 0 Å². The first kappa shape index (κ1) is 83.7. The Labute approximate surface area is 524 Å². The molecule has 0 radical (unpaired) electrons. The zero-order valence-corrected chi connectivity index (χ0v) is 53.8. The van der Waals surface area contributed by atoms with E-state index in [1.165, 1.54) is 42.7 Å². The fraction of sp³-hybridized carbons (Fsp3) is 0.947. The summed E-state index contributed by atoms with van der Waals surface area (Å²) < 4.78 is 336. The Morgan fingerprint density at radius 3 is 0.978 bits per heavy atom. The first-order chi connectivity index (χ1) is 42.2. The molecule has 0 N–H and O–H groups in total. The van der Waals surface area contributed by atoms with Crippen molar-refractivity contribution in [3.8, 4) is 0 Å². The van der Waals surface area contributed by atoms with E-state index in [1.807, 2.05) is 0 Å². The summed E-state index contributed by atoms with van der Waals surface area (Å²) in [6.45, 7) is -3.18. The maximum atomic E-state index is 11.7. The molecule has 0 aromatic rings. The third kappa shape index (κ3) is 27.7. The molecule has 5 aliphatic rings. The van der Waals surface area contributed by atoms with Gasteiger partial charge in [-0.1, -0.05) is 0 Å². The third-order valence-electron chi connectivity index (χ3n) is 12.7. The van der Waals surface area contributed by atoms with Crippen molar-refractivity contribution in [3.63, 3.8) is 0 Å². The Morgan fingerprint density at radius 2 is 0.674 bits per heavy atom. The van der Waals surface area contributed by atoms with Crippen molar-refractivity contribution < 1.29 is 211 Å². The Hall–Kier alpha value is -2.57. The highest BCUT2D eigenvalue weighted by molar-refractivity contribution is 7.82. The SMILES string of the molecule is COC1COC(C(=O)[O-])C(OC2OC(COS(=O)(=O)[O-])C(OC)C(OC)C2OC)C1OC.COC1COC(C(=O)[O-])C(OC2OC(COS(=O)(=O)[O-])CC(OS(=O)(=O)[O-])C2OS(=O)(=O)[O-])C1OC.COC1OC(COS(=O)(=O)[O-])CC(OS(=O)(=O)[O-])C1OS(=O)(=O)[O-]. The van der Waals surface area contributed by atoms with Crippen LogP contribution in [0.4, 0.5) is 0 Å². The molecule has 0 bridgehead atoms. The summed E-state index contributed by atoms with van der Waals surface area (Å²) in [5, 5.41) is 23.3. The number of hydrogen-bond donors (Lipinski definition) is 0. The van der Waals surface area contributed by atoms with Crippen LogP contribution in [-0.4, -0.2) is 321 Å². The number of carbonyl (C=O) groups is 2. The van der Waals surface area contributed by atoms with Gasteiger partial charge in [-0.05, 0) is 0 Å². The van der Waals surface area contributed by atoms with Gasteiger partial charge in [-0.2, -0.15) is 0 Å². The van der Waals surface area contributed by atoms with E-state index in [2.05, 4.69) is 34.0 Å². The average Bonchev–Trinajstić information content (AvgIpc) is 0.803. The lowest BCUT2D eigenvalue weighted by molar-refractivity contribution is -0.358. The first-order valence-electron chi connectivity index (χ1n) is 24.8. The van der Waals surface area contributed by atoms with E-state index < -0.39 is 246 Å². The van der Waals surface area contributed by atoms with E-state index in [9.17, 15) is 111 Å². The molecular formula is C38H59O47S7-9. The number of aliphatic carboxylic acids is 2. The van der Waals surface area contributed by atoms with Crippen LogP contribution in [-0.2, 0) is 183 Å². The minimum absolute atomic E-state index is 0.0863. The Bertz CT molecular complexity index is 3150. The van der Waals surface area contributed by atoms with Gasteiger partial charge >= 0.3 is 0 Å². The minimum Gasteiger partial charge on any atom is -0.726 e. The van der Waals surface area contributed by atoms with Crippen molar-refractivity contribution in [3.05, 3.63) is 0 Å². The molecule has 5 rings (SSSR count). The third-order valence-corrected chi connectivity index (χ3v) is 15.9. The zero-order chi connectivity index (χ0) is 70.3. The smallest absolute Gasteiger partial charge is 0.218 e. The predicted octanol–water partition coefficient (Wildman–Crippen LogP) is -11.5. The molecule has 0 aromatic carbocycles. The van der Waals surface area contributed by atoms with Crippen LogP contribution < -0.4 is 10.2 Å². The number of methoxy groups -OCH3 is 8. The second-order valence-corrected chi connectivity index (χ2v) is 25.7. The molecular weight excluding hydrogens is 1430 g/mol. The van der Waals surface area contributed by atoms with Gasteiger partial charge in [-0.25, -0.2) is 58.9 Å². The normalized spacial score (nSPS) is 34.5. The number of hydrogen-bond acceptors (Lipinski definition) is 47. The highest BCUT2D eigenvalue weighted by atomic mass is 32.3. The molecule has 47 nitrogen and oxygen atoms in total. The second kappa shape index (κ2) is 35.8. The zero-order valence-electron chi connectivity index (χ0n) is 48.1. The second-order valence-electron chi connectivity index (χ2n) is 18.5. The summed E-state index contributed by atoms with van der Waals surface area (Å²) in [7, 11) is -27.5. The lowest BCUT2D eigenvalue weighted by Crippen LogP contribution is -2.66. The van der Waals surface area contributed by atoms with Gasteiger partial charge < -0.3 is 123 Å². The van der Waals surface area contributed by atoms with Crippen molar-refractivity contribution in [2.45, 2.75) is 142 Å². The van der Waals surface area contributed by atoms with Gasteiger partial charge in [0.1, 0.15) is 85.5 Å². The fourth-order valence-corrected chi connectivity index (χ4v) is 12.1. The van der Waals surface area contributed by atoms with Crippen LogP contribution in [0.2, 0.25) is 0 Å². The molecule has 92 heavy (non-hydrogen) atoms. The van der Waals surface area contributed by atoms with Crippen molar-refractivity contribution >= 4 is 84.7 Å². The Balaban J connectivity index is 0.000000367.